The van der Waals surface area contributed by atoms with Crippen LogP contribution in [-0.2, 0) is 0 Å². The van der Waals surface area contributed by atoms with Crippen molar-refractivity contribution in [2.45, 2.75) is 23.7 Å². The molecule has 0 unspecified atom stereocenters. The van der Waals surface area contributed by atoms with Crippen molar-refractivity contribution in [2.24, 2.45) is 0 Å². The maximum atomic E-state index is 9.88. The zero-order valence-corrected chi connectivity index (χ0v) is 11.8. The molecule has 112 valence electrons. The van der Waals surface area contributed by atoms with Crippen molar-refractivity contribution in [1.29, 1.82) is 0 Å². The number of hydrogen-bond donors (Lipinski definition) is 3. The highest BCUT2D eigenvalue weighted by atomic mass is 32.2. The molecule has 6 nitrogen and oxygen atoms in total. The maximum Gasteiger partial charge on any atom is 0.173 e. The van der Waals surface area contributed by atoms with E-state index in [1.807, 2.05) is 0 Å². The van der Waals surface area contributed by atoms with E-state index in [2.05, 4.69) is 4.98 Å². The predicted molar refractivity (Wildman–Crippen MR) is 76.8 cm³/mol. The van der Waals surface area contributed by atoms with Crippen molar-refractivity contribution in [1.82, 2.24) is 4.98 Å². The van der Waals surface area contributed by atoms with Crippen LogP contribution < -0.4 is 4.74 Å². The van der Waals surface area contributed by atoms with Gasteiger partial charge in [0.1, 0.15) is 23.7 Å². The predicted octanol–water partition coefficient (Wildman–Crippen LogP) is 0.876. The largest absolute Gasteiger partial charge is 0.475 e. The Balaban J connectivity index is 1.68. The van der Waals surface area contributed by atoms with Gasteiger partial charge < -0.3 is 24.5 Å². The van der Waals surface area contributed by atoms with Gasteiger partial charge in [0, 0.05) is 5.75 Å². The van der Waals surface area contributed by atoms with Crippen LogP contribution in [0.5, 0.6) is 5.75 Å². The Labute approximate surface area is 125 Å². The fourth-order valence-corrected chi connectivity index (χ4v) is 3.16. The van der Waals surface area contributed by atoms with Gasteiger partial charge in [-0.1, -0.05) is 0 Å². The Morgan fingerprint density at radius 3 is 2.71 bits per heavy atom. The van der Waals surface area contributed by atoms with E-state index >= 15 is 0 Å². The molecule has 2 aromatic heterocycles. The smallest absolute Gasteiger partial charge is 0.173 e. The second-order valence-corrected chi connectivity index (χ2v) is 5.86. The number of thioether (sulfide) groups is 1. The van der Waals surface area contributed by atoms with E-state index in [4.69, 9.17) is 9.15 Å². The van der Waals surface area contributed by atoms with Crippen LogP contribution in [0.15, 0.2) is 41.1 Å². The van der Waals surface area contributed by atoms with Crippen molar-refractivity contribution in [3.63, 3.8) is 0 Å². The number of pyridine rings is 1. The summed E-state index contributed by atoms with van der Waals surface area (Å²) < 4.78 is 10.9. The van der Waals surface area contributed by atoms with Gasteiger partial charge in [-0.15, -0.1) is 11.8 Å². The lowest BCUT2D eigenvalue weighted by atomic mass is 10.1. The summed E-state index contributed by atoms with van der Waals surface area (Å²) in [5.41, 5.74) is 0.0410. The molecule has 0 aromatic carbocycles. The first-order valence-electron chi connectivity index (χ1n) is 6.47. The number of aliphatic hydroxyl groups is 3. The summed E-state index contributed by atoms with van der Waals surface area (Å²) in [4.78, 5) is 4.22. The number of ether oxygens (including phenoxy) is 1. The molecule has 3 rings (SSSR count). The molecule has 21 heavy (non-hydrogen) atoms. The second kappa shape index (κ2) is 6.07. The number of rotatable bonds is 3. The number of aliphatic hydroxyl groups excluding tert-OH is 3. The molecule has 1 saturated heterocycles. The summed E-state index contributed by atoms with van der Waals surface area (Å²) in [7, 11) is 0. The van der Waals surface area contributed by atoms with Crippen LogP contribution >= 0.6 is 11.8 Å². The summed E-state index contributed by atoms with van der Waals surface area (Å²) in [6.07, 6.45) is -0.189. The van der Waals surface area contributed by atoms with Crippen LogP contribution in [0.4, 0.5) is 0 Å². The summed E-state index contributed by atoms with van der Waals surface area (Å²) in [5, 5.41) is 29.0. The van der Waals surface area contributed by atoms with E-state index in [9.17, 15) is 15.3 Å². The van der Waals surface area contributed by atoms with Gasteiger partial charge in [-0.3, -0.25) is 0 Å². The van der Waals surface area contributed by atoms with Crippen LogP contribution in [0.25, 0.3) is 11.5 Å². The molecule has 2 aromatic rings. The summed E-state index contributed by atoms with van der Waals surface area (Å²) in [5.74, 6) is 1.44. The van der Waals surface area contributed by atoms with E-state index in [1.165, 1.54) is 18.0 Å². The van der Waals surface area contributed by atoms with Gasteiger partial charge in [-0.05, 0) is 24.3 Å². The van der Waals surface area contributed by atoms with Crippen molar-refractivity contribution >= 4 is 11.8 Å². The Bertz CT molecular complexity index is 574. The minimum Gasteiger partial charge on any atom is -0.475 e. The fourth-order valence-electron chi connectivity index (χ4n) is 2.04. The molecule has 3 heterocycles. The topological polar surface area (TPSA) is 96.0 Å². The van der Waals surface area contributed by atoms with Crippen molar-refractivity contribution < 1.29 is 24.5 Å². The average molecular weight is 309 g/mol. The highest BCUT2D eigenvalue weighted by Gasteiger charge is 2.38. The second-order valence-electron chi connectivity index (χ2n) is 4.72. The third-order valence-electron chi connectivity index (χ3n) is 3.22. The molecule has 1 aliphatic rings. The molecule has 0 saturated carbocycles. The van der Waals surface area contributed by atoms with Crippen LogP contribution in [0.2, 0.25) is 0 Å². The third-order valence-corrected chi connectivity index (χ3v) is 4.45. The summed E-state index contributed by atoms with van der Waals surface area (Å²) in [6.45, 7) is 0. The molecule has 0 spiro atoms. The summed E-state index contributed by atoms with van der Waals surface area (Å²) in [6, 6.07) is 7.05. The Morgan fingerprint density at radius 1 is 1.19 bits per heavy atom. The Morgan fingerprint density at radius 2 is 2.05 bits per heavy atom. The van der Waals surface area contributed by atoms with Crippen molar-refractivity contribution in [2.75, 3.05) is 5.75 Å². The van der Waals surface area contributed by atoms with E-state index in [0.29, 0.717) is 23.0 Å². The van der Waals surface area contributed by atoms with Crippen LogP contribution in [-0.4, -0.2) is 49.8 Å². The Kier molecular flexibility index (Phi) is 4.16. The van der Waals surface area contributed by atoms with Crippen molar-refractivity contribution in [3.8, 4) is 17.2 Å². The van der Waals surface area contributed by atoms with Crippen LogP contribution in [0, 0.1) is 0 Å². The lowest BCUT2D eigenvalue weighted by Crippen LogP contribution is -2.50. The molecule has 1 aliphatic heterocycles. The number of aromatic nitrogens is 1. The molecule has 0 radical (unpaired) electrons. The first-order chi connectivity index (χ1) is 10.1. The minimum atomic E-state index is -1.20. The molecular weight excluding hydrogens is 294 g/mol. The highest BCUT2D eigenvalue weighted by Crippen LogP contribution is 2.29. The molecular formula is C14H15NO5S. The first-order valence-corrected chi connectivity index (χ1v) is 7.52. The van der Waals surface area contributed by atoms with Crippen LogP contribution in [0.1, 0.15) is 0 Å². The van der Waals surface area contributed by atoms with Gasteiger partial charge in [0.25, 0.3) is 0 Å². The van der Waals surface area contributed by atoms with Crippen molar-refractivity contribution in [3.05, 3.63) is 36.7 Å². The van der Waals surface area contributed by atoms with Gasteiger partial charge in [0.15, 0.2) is 11.2 Å². The van der Waals surface area contributed by atoms with Gasteiger partial charge in [0.2, 0.25) is 0 Å². The Hall–Kier alpha value is -1.54. The minimum absolute atomic E-state index is 0.306. The number of hydrogen-bond acceptors (Lipinski definition) is 7. The first kappa shape index (κ1) is 14.4. The third kappa shape index (κ3) is 3.06. The van der Waals surface area contributed by atoms with Gasteiger partial charge >= 0.3 is 0 Å². The van der Waals surface area contributed by atoms with Gasteiger partial charge in [-0.2, -0.15) is 0 Å². The standard InChI is InChI=1S/C14H15NO5S/c16-10-7-21-14(13(18)12(10)17)20-8-3-4-9(15-6-8)11-2-1-5-19-11/h1-6,10,12-14,16-18H,7H2/t10-,12+,13-,14-/m1/s1. The number of nitrogens with zero attached hydrogens (tertiary/aromatic N) is 1. The molecule has 7 heteroatoms. The van der Waals surface area contributed by atoms with Gasteiger partial charge in [0.05, 0.1) is 18.6 Å². The average Bonchev–Trinajstić information content (AvgIpc) is 3.03. The molecule has 0 amide bonds. The molecule has 1 fully saturated rings. The quantitative estimate of drug-likeness (QED) is 0.774. The maximum absolute atomic E-state index is 9.88. The molecule has 0 aliphatic carbocycles. The molecule has 0 bridgehead atoms. The lowest BCUT2D eigenvalue weighted by molar-refractivity contribution is -0.0786. The monoisotopic (exact) mass is 309 g/mol. The van der Waals surface area contributed by atoms with E-state index in [-0.39, 0.29) is 0 Å². The van der Waals surface area contributed by atoms with E-state index in [0.717, 1.165) is 0 Å². The SMILES string of the molecule is O[C@@H]1[C@@H](O)[C@H](Oc2ccc(-c3ccco3)nc2)SC[C@H]1O. The number of furan rings is 1. The zero-order chi connectivity index (χ0) is 14.8. The van der Waals surface area contributed by atoms with Crippen LogP contribution in [0.3, 0.4) is 0 Å². The molecule has 4 atom stereocenters. The normalized spacial score (nSPS) is 29.3. The summed E-state index contributed by atoms with van der Waals surface area (Å²) >= 11 is 1.25. The molecule has 3 N–H and O–H groups in total. The van der Waals surface area contributed by atoms with E-state index < -0.39 is 23.7 Å². The van der Waals surface area contributed by atoms with Gasteiger partial charge in [-0.25, -0.2) is 4.98 Å². The van der Waals surface area contributed by atoms with E-state index in [1.54, 1.807) is 30.5 Å². The fraction of sp³-hybridized carbons (Fsp3) is 0.357. The zero-order valence-electron chi connectivity index (χ0n) is 11.0. The lowest BCUT2D eigenvalue weighted by Gasteiger charge is -2.34. The highest BCUT2D eigenvalue weighted by molar-refractivity contribution is 7.99.